The predicted octanol–water partition coefficient (Wildman–Crippen LogP) is 4.02. The van der Waals surface area contributed by atoms with Crippen LogP contribution < -0.4 is 4.90 Å². The highest BCUT2D eigenvalue weighted by molar-refractivity contribution is 6.33. The first kappa shape index (κ1) is 13.7. The van der Waals surface area contributed by atoms with Gasteiger partial charge in [0, 0.05) is 13.1 Å². The zero-order valence-corrected chi connectivity index (χ0v) is 12.0. The van der Waals surface area contributed by atoms with E-state index in [9.17, 15) is 5.11 Å². The lowest BCUT2D eigenvalue weighted by Crippen LogP contribution is -2.35. The summed E-state index contributed by atoms with van der Waals surface area (Å²) in [4.78, 5) is 2.38. The van der Waals surface area contributed by atoms with Crippen LogP contribution in [0.3, 0.4) is 0 Å². The molecule has 1 heterocycles. The number of aliphatic hydroxyl groups excluding tert-OH is 1. The fourth-order valence-corrected chi connectivity index (χ4v) is 2.97. The molecule has 1 saturated heterocycles. The Morgan fingerprint density at radius 2 is 2.28 bits per heavy atom. The third-order valence-corrected chi connectivity index (χ3v) is 4.19. The van der Waals surface area contributed by atoms with Crippen LogP contribution in [0.15, 0.2) is 18.2 Å². The Morgan fingerprint density at radius 3 is 2.89 bits per heavy atom. The normalized spacial score (nSPS) is 22.0. The van der Waals surface area contributed by atoms with Crippen molar-refractivity contribution >= 4 is 17.3 Å². The molecular formula is C15H22ClNO. The summed E-state index contributed by atoms with van der Waals surface area (Å²) < 4.78 is 0. The Hall–Kier alpha value is -0.730. The van der Waals surface area contributed by atoms with E-state index in [-0.39, 0.29) is 0 Å². The SMILES string of the molecule is CCC1CCCN(c2ccc([C@H](C)O)cc2Cl)C1. The van der Waals surface area contributed by atoms with Crippen LogP contribution in [0.5, 0.6) is 0 Å². The fourth-order valence-electron chi connectivity index (χ4n) is 2.66. The maximum Gasteiger partial charge on any atom is 0.0762 e. The van der Waals surface area contributed by atoms with Crippen molar-refractivity contribution in [2.24, 2.45) is 5.92 Å². The number of piperidine rings is 1. The second-order valence-corrected chi connectivity index (χ2v) is 5.66. The summed E-state index contributed by atoms with van der Waals surface area (Å²) in [7, 11) is 0. The molecular weight excluding hydrogens is 246 g/mol. The van der Waals surface area contributed by atoms with E-state index in [1.54, 1.807) is 6.92 Å². The lowest BCUT2D eigenvalue weighted by Gasteiger charge is -2.34. The molecule has 18 heavy (non-hydrogen) atoms. The first-order valence-electron chi connectivity index (χ1n) is 6.84. The van der Waals surface area contributed by atoms with E-state index >= 15 is 0 Å². The van der Waals surface area contributed by atoms with Crippen molar-refractivity contribution in [3.05, 3.63) is 28.8 Å². The topological polar surface area (TPSA) is 23.5 Å². The van der Waals surface area contributed by atoms with Crippen molar-refractivity contribution in [2.45, 2.75) is 39.2 Å². The second kappa shape index (κ2) is 5.94. The number of aliphatic hydroxyl groups is 1. The zero-order chi connectivity index (χ0) is 13.1. The molecule has 0 spiro atoms. The molecule has 1 N–H and O–H groups in total. The third kappa shape index (κ3) is 2.99. The molecule has 1 aliphatic rings. The highest BCUT2D eigenvalue weighted by Gasteiger charge is 2.20. The van der Waals surface area contributed by atoms with E-state index in [1.165, 1.54) is 19.3 Å². The molecule has 2 nitrogen and oxygen atoms in total. The van der Waals surface area contributed by atoms with Crippen LogP contribution in [0.25, 0.3) is 0 Å². The maximum absolute atomic E-state index is 9.56. The van der Waals surface area contributed by atoms with Crippen molar-refractivity contribution in [2.75, 3.05) is 18.0 Å². The van der Waals surface area contributed by atoms with E-state index in [0.717, 1.165) is 35.3 Å². The van der Waals surface area contributed by atoms with Crippen molar-refractivity contribution in [3.8, 4) is 0 Å². The number of anilines is 1. The molecule has 100 valence electrons. The van der Waals surface area contributed by atoms with E-state index in [0.29, 0.717) is 0 Å². The number of halogens is 1. The van der Waals surface area contributed by atoms with Gasteiger partial charge < -0.3 is 10.0 Å². The van der Waals surface area contributed by atoms with Crippen LogP contribution in [0.4, 0.5) is 5.69 Å². The third-order valence-electron chi connectivity index (χ3n) is 3.89. The smallest absolute Gasteiger partial charge is 0.0762 e. The molecule has 1 aromatic rings. The van der Waals surface area contributed by atoms with Gasteiger partial charge in [-0.3, -0.25) is 0 Å². The van der Waals surface area contributed by atoms with Crippen LogP contribution >= 0.6 is 11.6 Å². The van der Waals surface area contributed by atoms with Gasteiger partial charge in [-0.1, -0.05) is 31.0 Å². The molecule has 0 saturated carbocycles. The highest BCUT2D eigenvalue weighted by Crippen LogP contribution is 2.32. The van der Waals surface area contributed by atoms with Crippen molar-refractivity contribution in [3.63, 3.8) is 0 Å². The van der Waals surface area contributed by atoms with Crippen LogP contribution in [-0.2, 0) is 0 Å². The van der Waals surface area contributed by atoms with Crippen molar-refractivity contribution < 1.29 is 5.11 Å². The Morgan fingerprint density at radius 1 is 1.50 bits per heavy atom. The average Bonchev–Trinajstić information content (AvgIpc) is 2.38. The van der Waals surface area contributed by atoms with Crippen molar-refractivity contribution in [1.82, 2.24) is 0 Å². The first-order valence-corrected chi connectivity index (χ1v) is 7.22. The van der Waals surface area contributed by atoms with Gasteiger partial charge in [-0.2, -0.15) is 0 Å². The molecule has 0 radical (unpaired) electrons. The summed E-state index contributed by atoms with van der Waals surface area (Å²) in [6.45, 7) is 6.21. The van der Waals surface area contributed by atoms with Crippen LogP contribution in [-0.4, -0.2) is 18.2 Å². The highest BCUT2D eigenvalue weighted by atomic mass is 35.5. The Labute approximate surface area is 115 Å². The molecule has 0 aromatic heterocycles. The van der Waals surface area contributed by atoms with Gasteiger partial charge in [0.1, 0.15) is 0 Å². The molecule has 1 unspecified atom stereocenters. The lowest BCUT2D eigenvalue weighted by molar-refractivity contribution is 0.199. The van der Waals surface area contributed by atoms with Gasteiger partial charge in [0.05, 0.1) is 16.8 Å². The van der Waals surface area contributed by atoms with Crippen molar-refractivity contribution in [1.29, 1.82) is 0 Å². The Balaban J connectivity index is 2.17. The van der Waals surface area contributed by atoms with Crippen LogP contribution in [0.1, 0.15) is 44.8 Å². The number of rotatable bonds is 3. The Kier molecular flexibility index (Phi) is 4.52. The number of benzene rings is 1. The molecule has 1 aliphatic heterocycles. The summed E-state index contributed by atoms with van der Waals surface area (Å²) in [6.07, 6.45) is 3.35. The van der Waals surface area contributed by atoms with E-state index in [4.69, 9.17) is 11.6 Å². The molecule has 0 aliphatic carbocycles. The quantitative estimate of drug-likeness (QED) is 0.894. The summed E-state index contributed by atoms with van der Waals surface area (Å²) in [5.74, 6) is 0.784. The fraction of sp³-hybridized carbons (Fsp3) is 0.600. The second-order valence-electron chi connectivity index (χ2n) is 5.25. The molecule has 1 fully saturated rings. The number of hydrogen-bond donors (Lipinski definition) is 1. The minimum Gasteiger partial charge on any atom is -0.389 e. The largest absolute Gasteiger partial charge is 0.389 e. The number of hydrogen-bond acceptors (Lipinski definition) is 2. The Bertz CT molecular complexity index is 405. The average molecular weight is 268 g/mol. The lowest BCUT2D eigenvalue weighted by atomic mass is 9.95. The molecule has 3 heteroatoms. The van der Waals surface area contributed by atoms with Gasteiger partial charge >= 0.3 is 0 Å². The van der Waals surface area contributed by atoms with Gasteiger partial charge in [-0.15, -0.1) is 0 Å². The van der Waals surface area contributed by atoms with E-state index in [1.807, 2.05) is 18.2 Å². The molecule has 2 atom stereocenters. The minimum atomic E-state index is -0.457. The standard InChI is InChI=1S/C15H22ClNO/c1-3-12-5-4-8-17(10-12)15-7-6-13(11(2)18)9-14(15)16/h6-7,9,11-12,18H,3-5,8,10H2,1-2H3/t11-,12?/m0/s1. The van der Waals surface area contributed by atoms with Crippen LogP contribution in [0.2, 0.25) is 5.02 Å². The van der Waals surface area contributed by atoms with E-state index in [2.05, 4.69) is 11.8 Å². The van der Waals surface area contributed by atoms with Gasteiger partial charge in [-0.05, 0) is 43.4 Å². The van der Waals surface area contributed by atoms with Gasteiger partial charge in [-0.25, -0.2) is 0 Å². The summed E-state index contributed by atoms with van der Waals surface area (Å²) in [6, 6.07) is 5.90. The number of nitrogens with zero attached hydrogens (tertiary/aromatic N) is 1. The molecule has 0 amide bonds. The van der Waals surface area contributed by atoms with E-state index < -0.39 is 6.10 Å². The molecule has 0 bridgehead atoms. The summed E-state index contributed by atoms with van der Waals surface area (Å²) in [5, 5.41) is 10.3. The molecule has 1 aromatic carbocycles. The van der Waals surface area contributed by atoms with Gasteiger partial charge in [0.2, 0.25) is 0 Å². The van der Waals surface area contributed by atoms with Gasteiger partial charge in [0.15, 0.2) is 0 Å². The summed E-state index contributed by atoms with van der Waals surface area (Å²) in [5.41, 5.74) is 1.99. The van der Waals surface area contributed by atoms with Crippen LogP contribution in [0, 0.1) is 5.92 Å². The zero-order valence-electron chi connectivity index (χ0n) is 11.2. The first-order chi connectivity index (χ1) is 8.61. The predicted molar refractivity (Wildman–Crippen MR) is 77.3 cm³/mol. The minimum absolute atomic E-state index is 0.457. The maximum atomic E-state index is 9.56. The molecule has 2 rings (SSSR count). The van der Waals surface area contributed by atoms with Gasteiger partial charge in [0.25, 0.3) is 0 Å². The summed E-state index contributed by atoms with van der Waals surface area (Å²) >= 11 is 6.34. The monoisotopic (exact) mass is 267 g/mol.